The van der Waals surface area contributed by atoms with Crippen LogP contribution in [0.15, 0.2) is 83.3 Å². The molecular weight excluding hydrogens is 388 g/mol. The second-order valence-electron chi connectivity index (χ2n) is 8.18. The normalized spacial score (nSPS) is 16.4. The van der Waals surface area contributed by atoms with Gasteiger partial charge in [0.25, 0.3) is 0 Å². The van der Waals surface area contributed by atoms with Gasteiger partial charge in [-0.1, -0.05) is 54.6 Å². The number of ether oxygens (including phenoxy) is 1. The summed E-state index contributed by atoms with van der Waals surface area (Å²) in [6, 6.07) is 25.7. The number of para-hydroxylation sites is 2. The summed E-state index contributed by atoms with van der Waals surface area (Å²) in [7, 11) is 0. The van der Waals surface area contributed by atoms with Crippen molar-refractivity contribution in [1.29, 1.82) is 0 Å². The summed E-state index contributed by atoms with van der Waals surface area (Å²) in [6.07, 6.45) is 2.77. The van der Waals surface area contributed by atoms with E-state index in [1.165, 1.54) is 5.56 Å². The van der Waals surface area contributed by atoms with Crippen LogP contribution in [0.2, 0.25) is 0 Å². The molecule has 31 heavy (non-hydrogen) atoms. The molecule has 158 valence electrons. The maximum absolute atomic E-state index is 11.0. The summed E-state index contributed by atoms with van der Waals surface area (Å²) in [5.41, 5.74) is 3.10. The monoisotopic (exact) mass is 414 g/mol. The van der Waals surface area contributed by atoms with E-state index in [0.717, 1.165) is 55.6 Å². The second-order valence-corrected chi connectivity index (χ2v) is 8.18. The molecule has 0 unspecified atom stereocenters. The maximum Gasteiger partial charge on any atom is 0.400 e. The predicted molar refractivity (Wildman–Crippen MR) is 120 cm³/mol. The first-order valence-corrected chi connectivity index (χ1v) is 10.8. The van der Waals surface area contributed by atoms with E-state index >= 15 is 0 Å². The highest BCUT2D eigenvalue weighted by molar-refractivity contribution is 5.72. The first-order chi connectivity index (χ1) is 15.2. The third kappa shape index (κ3) is 4.48. The Balaban J connectivity index is 1.13. The number of nitrogens with zero attached hydrogens (tertiary/aromatic N) is 2. The van der Waals surface area contributed by atoms with Crippen molar-refractivity contribution in [2.24, 2.45) is 0 Å². The zero-order chi connectivity index (χ0) is 21.1. The summed E-state index contributed by atoms with van der Waals surface area (Å²) in [5, 5.41) is 11.0. The molecule has 1 aromatic heterocycles. The molecule has 0 radical (unpaired) electrons. The Morgan fingerprint density at radius 2 is 1.61 bits per heavy atom. The van der Waals surface area contributed by atoms with Crippen LogP contribution < -0.4 is 4.74 Å². The molecule has 5 nitrogen and oxygen atoms in total. The van der Waals surface area contributed by atoms with Gasteiger partial charge in [0.1, 0.15) is 11.3 Å². The molecule has 3 aromatic carbocycles. The average molecular weight is 415 g/mol. The van der Waals surface area contributed by atoms with Crippen molar-refractivity contribution < 1.29 is 14.3 Å². The Morgan fingerprint density at radius 3 is 2.35 bits per heavy atom. The number of hydrogen-bond acceptors (Lipinski definition) is 5. The van der Waals surface area contributed by atoms with Gasteiger partial charge < -0.3 is 19.2 Å². The molecule has 0 atom stereocenters. The fourth-order valence-corrected chi connectivity index (χ4v) is 4.19. The number of fused-ring (bicyclic) bond motifs is 1. The Morgan fingerprint density at radius 1 is 0.903 bits per heavy atom. The minimum absolute atomic E-state index is 0.258. The zero-order valence-electron chi connectivity index (χ0n) is 17.4. The SMILES string of the molecule is OC1(c2ccccc2)CCN(CCc2ccc(Oc3nc4ccccc4o3)cc2)CC1. The first-order valence-electron chi connectivity index (χ1n) is 10.8. The van der Waals surface area contributed by atoms with E-state index < -0.39 is 5.60 Å². The summed E-state index contributed by atoms with van der Waals surface area (Å²) in [6.45, 7) is 2.80. The molecule has 5 heteroatoms. The Labute approximate surface area is 181 Å². The van der Waals surface area contributed by atoms with Crippen LogP contribution in [0.3, 0.4) is 0 Å². The quantitative estimate of drug-likeness (QED) is 0.473. The smallest absolute Gasteiger partial charge is 0.400 e. The van der Waals surface area contributed by atoms with Crippen LogP contribution in [0.4, 0.5) is 0 Å². The third-order valence-electron chi connectivity index (χ3n) is 6.11. The van der Waals surface area contributed by atoms with Crippen LogP contribution in [-0.2, 0) is 12.0 Å². The van der Waals surface area contributed by atoms with Gasteiger partial charge in [0.15, 0.2) is 5.58 Å². The fourth-order valence-electron chi connectivity index (χ4n) is 4.19. The summed E-state index contributed by atoms with van der Waals surface area (Å²) < 4.78 is 11.4. The molecule has 1 saturated heterocycles. The van der Waals surface area contributed by atoms with Crippen LogP contribution in [0, 0.1) is 0 Å². The van der Waals surface area contributed by atoms with Crippen molar-refractivity contribution in [3.8, 4) is 11.8 Å². The number of rotatable bonds is 6. The lowest BCUT2D eigenvalue weighted by Gasteiger charge is -2.38. The van der Waals surface area contributed by atoms with Crippen molar-refractivity contribution in [2.75, 3.05) is 19.6 Å². The van der Waals surface area contributed by atoms with Crippen LogP contribution in [-0.4, -0.2) is 34.6 Å². The predicted octanol–water partition coefficient (Wildman–Crippen LogP) is 5.15. The number of aliphatic hydroxyl groups is 1. The molecule has 0 bridgehead atoms. The Bertz CT molecular complexity index is 1100. The molecule has 5 rings (SSSR count). The highest BCUT2D eigenvalue weighted by Crippen LogP contribution is 2.32. The molecule has 2 heterocycles. The third-order valence-corrected chi connectivity index (χ3v) is 6.11. The molecular formula is C26H26N2O3. The van der Waals surface area contributed by atoms with E-state index in [2.05, 4.69) is 22.0 Å². The summed E-state index contributed by atoms with van der Waals surface area (Å²) in [5.74, 6) is 0.709. The molecule has 4 aromatic rings. The van der Waals surface area contributed by atoms with Crippen molar-refractivity contribution in [2.45, 2.75) is 24.9 Å². The van der Waals surface area contributed by atoms with Gasteiger partial charge in [-0.15, -0.1) is 0 Å². The highest BCUT2D eigenvalue weighted by Gasteiger charge is 2.33. The maximum atomic E-state index is 11.0. The van der Waals surface area contributed by atoms with E-state index in [4.69, 9.17) is 9.15 Å². The number of likely N-dealkylation sites (tertiary alicyclic amines) is 1. The number of oxazole rings is 1. The highest BCUT2D eigenvalue weighted by atomic mass is 16.6. The van der Waals surface area contributed by atoms with Crippen LogP contribution in [0.25, 0.3) is 11.1 Å². The van der Waals surface area contributed by atoms with E-state index in [1.54, 1.807) is 0 Å². The van der Waals surface area contributed by atoms with Crippen LogP contribution >= 0.6 is 0 Å². The molecule has 1 N–H and O–H groups in total. The van der Waals surface area contributed by atoms with Gasteiger partial charge in [-0.2, -0.15) is 4.98 Å². The Hall–Kier alpha value is -3.15. The van der Waals surface area contributed by atoms with E-state index in [0.29, 0.717) is 5.75 Å². The average Bonchev–Trinajstić information content (AvgIpc) is 3.23. The van der Waals surface area contributed by atoms with Crippen LogP contribution in [0.5, 0.6) is 11.8 Å². The van der Waals surface area contributed by atoms with Crippen molar-refractivity contribution >= 4 is 11.1 Å². The van der Waals surface area contributed by atoms with E-state index in [1.807, 2.05) is 66.7 Å². The molecule has 1 fully saturated rings. The minimum atomic E-state index is -0.693. The lowest BCUT2D eigenvalue weighted by molar-refractivity contribution is -0.0255. The van der Waals surface area contributed by atoms with Gasteiger partial charge in [0, 0.05) is 19.6 Å². The van der Waals surface area contributed by atoms with Crippen molar-refractivity contribution in [1.82, 2.24) is 9.88 Å². The standard InChI is InChI=1S/C26H26N2O3/c29-26(21-6-2-1-3-7-21)15-18-28(19-16-26)17-14-20-10-12-22(13-11-20)30-25-27-23-8-4-5-9-24(23)31-25/h1-13,29H,14-19H2. The van der Waals surface area contributed by atoms with Gasteiger partial charge >= 0.3 is 6.08 Å². The second kappa shape index (κ2) is 8.53. The molecule has 1 aliphatic heterocycles. The minimum Gasteiger partial charge on any atom is -0.411 e. The number of benzene rings is 3. The molecule has 0 aliphatic carbocycles. The number of piperidine rings is 1. The summed E-state index contributed by atoms with van der Waals surface area (Å²) in [4.78, 5) is 6.78. The molecule has 1 aliphatic rings. The molecule has 0 saturated carbocycles. The number of aromatic nitrogens is 1. The van der Waals surface area contributed by atoms with Gasteiger partial charge in [0.2, 0.25) is 0 Å². The molecule has 0 amide bonds. The lowest BCUT2D eigenvalue weighted by atomic mass is 9.84. The van der Waals surface area contributed by atoms with Gasteiger partial charge in [-0.3, -0.25) is 0 Å². The number of hydrogen-bond donors (Lipinski definition) is 1. The zero-order valence-corrected chi connectivity index (χ0v) is 17.4. The topological polar surface area (TPSA) is 58.7 Å². The van der Waals surface area contributed by atoms with Gasteiger partial charge in [-0.25, -0.2) is 0 Å². The first kappa shape index (κ1) is 19.8. The van der Waals surface area contributed by atoms with Gasteiger partial charge in [0.05, 0.1) is 5.60 Å². The van der Waals surface area contributed by atoms with Crippen molar-refractivity contribution in [3.63, 3.8) is 0 Å². The molecule has 0 spiro atoms. The van der Waals surface area contributed by atoms with Crippen LogP contribution in [0.1, 0.15) is 24.0 Å². The summed E-state index contributed by atoms with van der Waals surface area (Å²) >= 11 is 0. The lowest BCUT2D eigenvalue weighted by Crippen LogP contribution is -2.43. The van der Waals surface area contributed by atoms with E-state index in [9.17, 15) is 5.11 Å². The van der Waals surface area contributed by atoms with Gasteiger partial charge in [-0.05, 0) is 54.7 Å². The largest absolute Gasteiger partial charge is 0.411 e. The van der Waals surface area contributed by atoms with Crippen molar-refractivity contribution in [3.05, 3.63) is 90.0 Å². The Kier molecular flexibility index (Phi) is 5.45. The van der Waals surface area contributed by atoms with E-state index in [-0.39, 0.29) is 6.08 Å². The fraction of sp³-hybridized carbons (Fsp3) is 0.269.